The number of rotatable bonds is 6. The van der Waals surface area contributed by atoms with Crippen LogP contribution in [-0.2, 0) is 10.2 Å². The number of amides is 1. The van der Waals surface area contributed by atoms with Crippen molar-refractivity contribution < 1.29 is 23.9 Å². The van der Waals surface area contributed by atoms with E-state index in [9.17, 15) is 14.4 Å². The fourth-order valence-electron chi connectivity index (χ4n) is 7.00. The van der Waals surface area contributed by atoms with Gasteiger partial charge in [0.05, 0.1) is 26.2 Å². The van der Waals surface area contributed by atoms with Gasteiger partial charge in [0.1, 0.15) is 23.0 Å². The molecule has 0 bridgehead atoms. The van der Waals surface area contributed by atoms with E-state index in [0.29, 0.717) is 33.9 Å². The number of carbonyl (C=O) groups excluding carboxylic acids is 3. The summed E-state index contributed by atoms with van der Waals surface area (Å²) in [5.41, 5.74) is 2.51. The van der Waals surface area contributed by atoms with Crippen LogP contribution < -0.4 is 19.7 Å². The van der Waals surface area contributed by atoms with Crippen molar-refractivity contribution in [3.8, 4) is 11.5 Å². The lowest BCUT2D eigenvalue weighted by molar-refractivity contribution is -0.121. The summed E-state index contributed by atoms with van der Waals surface area (Å²) in [6.07, 6.45) is 3.96. The van der Waals surface area contributed by atoms with E-state index in [1.807, 2.05) is 65.6 Å². The molecular weight excluding hydrogens is 528 g/mol. The van der Waals surface area contributed by atoms with Gasteiger partial charge in [0, 0.05) is 22.5 Å². The number of methoxy groups -OCH3 is 2. The molecule has 3 aliphatic heterocycles. The van der Waals surface area contributed by atoms with Gasteiger partial charge in [-0.2, -0.15) is 0 Å². The number of nitrogens with zero attached hydrogens (tertiary/aromatic N) is 1. The molecule has 1 fully saturated rings. The summed E-state index contributed by atoms with van der Waals surface area (Å²) in [6.45, 7) is 0. The fraction of sp³-hybridized carbons (Fsp3) is 0.171. The van der Waals surface area contributed by atoms with Gasteiger partial charge < -0.3 is 19.7 Å². The minimum absolute atomic E-state index is 0.247. The predicted octanol–water partition coefficient (Wildman–Crippen LogP) is 5.56. The zero-order valence-electron chi connectivity index (χ0n) is 23.1. The number of carbonyl (C=O) groups is 3. The Kier molecular flexibility index (Phi) is 5.97. The van der Waals surface area contributed by atoms with Gasteiger partial charge in [-0.05, 0) is 59.7 Å². The summed E-state index contributed by atoms with van der Waals surface area (Å²) in [5.74, 6) is -0.759. The van der Waals surface area contributed by atoms with Crippen LogP contribution in [0.15, 0.2) is 103 Å². The molecule has 42 heavy (non-hydrogen) atoms. The smallest absolute Gasteiger partial charge is 0.238 e. The first-order valence-electron chi connectivity index (χ1n) is 13.8. The second kappa shape index (κ2) is 9.73. The fourth-order valence-corrected chi connectivity index (χ4v) is 7.00. The lowest BCUT2D eigenvalue weighted by Crippen LogP contribution is -2.51. The topological polar surface area (TPSA) is 84.9 Å². The molecule has 0 aromatic heterocycles. The Hall–Kier alpha value is -5.17. The highest BCUT2D eigenvalue weighted by molar-refractivity contribution is 6.18. The van der Waals surface area contributed by atoms with Crippen molar-refractivity contribution in [2.45, 2.75) is 17.5 Å². The Morgan fingerprint density at radius 2 is 1.52 bits per heavy atom. The number of hydrogen-bond donors (Lipinski definition) is 1. The maximum Gasteiger partial charge on any atom is 0.238 e. The number of nitrogens with one attached hydrogen (secondary N) is 1. The lowest BCUT2D eigenvalue weighted by Gasteiger charge is -2.37. The van der Waals surface area contributed by atoms with Crippen LogP contribution in [0.2, 0.25) is 0 Å². The average molecular weight is 557 g/mol. The highest BCUT2D eigenvalue weighted by atomic mass is 16.5. The monoisotopic (exact) mass is 556 g/mol. The van der Waals surface area contributed by atoms with Crippen molar-refractivity contribution in [2.75, 3.05) is 24.4 Å². The van der Waals surface area contributed by atoms with E-state index in [1.54, 1.807) is 62.8 Å². The molecule has 1 amide bonds. The van der Waals surface area contributed by atoms with Crippen LogP contribution in [0.3, 0.4) is 0 Å². The van der Waals surface area contributed by atoms with Gasteiger partial charge in [-0.25, -0.2) is 0 Å². The van der Waals surface area contributed by atoms with Crippen molar-refractivity contribution in [3.05, 3.63) is 125 Å². The predicted molar refractivity (Wildman–Crippen MR) is 160 cm³/mol. The Labute approximate surface area is 243 Å². The quantitative estimate of drug-likeness (QED) is 0.313. The van der Waals surface area contributed by atoms with Crippen LogP contribution in [0.25, 0.3) is 6.08 Å². The third-order valence-corrected chi connectivity index (χ3v) is 8.82. The van der Waals surface area contributed by atoms with Crippen LogP contribution in [0.4, 0.5) is 11.4 Å². The van der Waals surface area contributed by atoms with Crippen molar-refractivity contribution in [1.29, 1.82) is 0 Å². The Bertz CT molecular complexity index is 1780. The van der Waals surface area contributed by atoms with Crippen molar-refractivity contribution in [3.63, 3.8) is 0 Å². The third kappa shape index (κ3) is 3.56. The van der Waals surface area contributed by atoms with E-state index < -0.39 is 23.4 Å². The molecule has 7 heteroatoms. The second-order valence-corrected chi connectivity index (χ2v) is 10.8. The Balaban J connectivity index is 1.52. The van der Waals surface area contributed by atoms with Crippen LogP contribution in [0.5, 0.6) is 11.5 Å². The number of hydrogen-bond acceptors (Lipinski definition) is 6. The first-order valence-corrected chi connectivity index (χ1v) is 13.8. The summed E-state index contributed by atoms with van der Waals surface area (Å²) in [5, 5.41) is 3.06. The number of ether oxygens (including phenoxy) is 2. The number of fused-ring (bicyclic) bond motifs is 6. The maximum absolute atomic E-state index is 14.9. The summed E-state index contributed by atoms with van der Waals surface area (Å²) in [4.78, 5) is 46.0. The Morgan fingerprint density at radius 1 is 0.786 bits per heavy atom. The van der Waals surface area contributed by atoms with Gasteiger partial charge in [0.2, 0.25) is 5.91 Å². The maximum atomic E-state index is 14.9. The molecule has 3 aliphatic rings. The van der Waals surface area contributed by atoms with Gasteiger partial charge in [-0.1, -0.05) is 60.7 Å². The van der Waals surface area contributed by atoms with Gasteiger partial charge in [0.15, 0.2) is 11.6 Å². The molecule has 208 valence electrons. The average Bonchev–Trinajstić information content (AvgIpc) is 3.52. The lowest BCUT2D eigenvalue weighted by atomic mass is 9.64. The summed E-state index contributed by atoms with van der Waals surface area (Å²) < 4.78 is 10.8. The summed E-state index contributed by atoms with van der Waals surface area (Å²) in [6, 6.07) is 27.5. The number of Topliss-reactive ketones (excluding diaryl/α,β-unsaturated/α-hetero) is 2. The minimum atomic E-state index is -1.37. The number of ketones is 2. The second-order valence-electron chi connectivity index (χ2n) is 10.8. The number of benzene rings is 4. The normalized spacial score (nSPS) is 23.1. The molecule has 1 saturated heterocycles. The molecule has 0 saturated carbocycles. The van der Waals surface area contributed by atoms with Crippen LogP contribution in [0.1, 0.15) is 31.8 Å². The summed E-state index contributed by atoms with van der Waals surface area (Å²) >= 11 is 0. The van der Waals surface area contributed by atoms with E-state index in [0.717, 1.165) is 11.3 Å². The van der Waals surface area contributed by atoms with Gasteiger partial charge in [0.25, 0.3) is 0 Å². The van der Waals surface area contributed by atoms with Crippen LogP contribution in [-0.4, -0.2) is 43.8 Å². The van der Waals surface area contributed by atoms with E-state index in [4.69, 9.17) is 9.47 Å². The molecule has 0 aliphatic carbocycles. The summed E-state index contributed by atoms with van der Waals surface area (Å²) in [7, 11) is 3.11. The number of para-hydroxylation sites is 2. The first kappa shape index (κ1) is 25.8. The first-order chi connectivity index (χ1) is 20.5. The number of anilines is 2. The molecule has 7 rings (SSSR count). The zero-order valence-corrected chi connectivity index (χ0v) is 23.1. The van der Waals surface area contributed by atoms with Crippen molar-refractivity contribution in [1.82, 2.24) is 0 Å². The van der Waals surface area contributed by atoms with E-state index >= 15 is 0 Å². The van der Waals surface area contributed by atoms with E-state index in [2.05, 4.69) is 5.32 Å². The zero-order chi connectivity index (χ0) is 29.0. The molecule has 0 radical (unpaired) electrons. The molecule has 4 atom stereocenters. The van der Waals surface area contributed by atoms with Crippen LogP contribution >= 0.6 is 0 Å². The van der Waals surface area contributed by atoms with Gasteiger partial charge in [-0.15, -0.1) is 0 Å². The molecule has 1 N–H and O–H groups in total. The van der Waals surface area contributed by atoms with Crippen LogP contribution in [0, 0.1) is 5.92 Å². The standard InChI is InChI=1S/C35H28N2O5/c1-41-24-17-14-22(15-18-24)33(39)31-30(32(38)23-9-7-10-25(20-23)42-2)35(26-11-4-5-12-27(26)36-34(35)40)29-19-16-21-8-3-6-13-28(21)37(29)31/h3-20,29-31H,1-2H3,(H,36,40)/t29-,30-,31-,35-/m1/s1. The van der Waals surface area contributed by atoms with Gasteiger partial charge >= 0.3 is 0 Å². The van der Waals surface area contributed by atoms with Gasteiger partial charge in [-0.3, -0.25) is 14.4 Å². The highest BCUT2D eigenvalue weighted by Gasteiger charge is 2.70. The SMILES string of the molecule is COc1ccc(C(=O)[C@H]2[C@H](C(=O)c3cccc(OC)c3)[C@]3(C(=O)Nc4ccccc43)[C@H]3C=Cc4ccccc4N23)cc1. The van der Waals surface area contributed by atoms with E-state index in [-0.39, 0.29) is 17.5 Å². The van der Waals surface area contributed by atoms with E-state index in [1.165, 1.54) is 0 Å². The molecule has 7 nitrogen and oxygen atoms in total. The largest absolute Gasteiger partial charge is 0.497 e. The minimum Gasteiger partial charge on any atom is -0.497 e. The molecule has 3 heterocycles. The molecule has 4 aromatic carbocycles. The van der Waals surface area contributed by atoms with Crippen molar-refractivity contribution >= 4 is 34.9 Å². The molecule has 0 unspecified atom stereocenters. The third-order valence-electron chi connectivity index (χ3n) is 8.82. The molecule has 4 aromatic rings. The molecule has 1 spiro atoms. The highest BCUT2D eigenvalue weighted by Crippen LogP contribution is 2.58. The Morgan fingerprint density at radius 3 is 2.31 bits per heavy atom. The molecular formula is C35H28N2O5. The van der Waals surface area contributed by atoms with Crippen molar-refractivity contribution in [2.24, 2.45) is 5.92 Å².